The smallest absolute Gasteiger partial charge is 0.0493 e. The molecule has 60 valence electrons. The number of hydrogen-bond acceptors (Lipinski definition) is 1. The third-order valence-corrected chi connectivity index (χ3v) is 3.53. The largest absolute Gasteiger partial charge is 0.384 e. The highest BCUT2D eigenvalue weighted by molar-refractivity contribution is 14.1. The first kappa shape index (κ1) is 8.78. The van der Waals surface area contributed by atoms with E-state index in [0.717, 1.165) is 18.4 Å². The highest BCUT2D eigenvalue weighted by Crippen LogP contribution is 2.32. The number of ether oxygens (including phenoxy) is 1. The molecule has 0 spiro atoms. The minimum absolute atomic E-state index is 0.863. The molecule has 1 rings (SSSR count). The van der Waals surface area contributed by atoms with Crippen molar-refractivity contribution in [3.05, 3.63) is 0 Å². The Balaban J connectivity index is 2.27. The van der Waals surface area contributed by atoms with E-state index in [1.807, 2.05) is 7.11 Å². The summed E-state index contributed by atoms with van der Waals surface area (Å²) in [6.07, 6.45) is 4.24. The summed E-state index contributed by atoms with van der Waals surface area (Å²) >= 11 is 2.49. The van der Waals surface area contributed by atoms with Crippen LogP contribution >= 0.6 is 22.6 Å². The van der Waals surface area contributed by atoms with Gasteiger partial charge in [-0.3, -0.25) is 0 Å². The van der Waals surface area contributed by atoms with Crippen LogP contribution in [0.4, 0.5) is 0 Å². The lowest BCUT2D eigenvalue weighted by Crippen LogP contribution is -2.14. The van der Waals surface area contributed by atoms with Gasteiger partial charge in [0.2, 0.25) is 0 Å². The van der Waals surface area contributed by atoms with E-state index in [4.69, 9.17) is 4.74 Å². The fourth-order valence-corrected chi connectivity index (χ4v) is 2.91. The van der Waals surface area contributed by atoms with Crippen LogP contribution in [0.2, 0.25) is 0 Å². The molecule has 0 amide bonds. The van der Waals surface area contributed by atoms with Gasteiger partial charge in [0.1, 0.15) is 0 Å². The molecule has 1 aliphatic rings. The Morgan fingerprint density at radius 1 is 1.40 bits per heavy atom. The lowest BCUT2D eigenvalue weighted by molar-refractivity contribution is 0.138. The number of alkyl halides is 1. The molecule has 0 saturated heterocycles. The van der Waals surface area contributed by atoms with Gasteiger partial charge < -0.3 is 4.74 Å². The number of methoxy groups -OCH3 is 1. The maximum absolute atomic E-state index is 5.15. The van der Waals surface area contributed by atoms with Crippen molar-refractivity contribution in [3.8, 4) is 0 Å². The summed E-state index contributed by atoms with van der Waals surface area (Å²) in [5, 5.41) is 0. The summed E-state index contributed by atoms with van der Waals surface area (Å²) in [5.41, 5.74) is 0. The molecule has 0 N–H and O–H groups in total. The third-order valence-electron chi connectivity index (χ3n) is 2.40. The molecule has 1 aliphatic carbocycles. The first-order valence-electron chi connectivity index (χ1n) is 3.93. The van der Waals surface area contributed by atoms with E-state index in [0.29, 0.717) is 0 Å². The van der Waals surface area contributed by atoms with Crippen LogP contribution in [0.15, 0.2) is 0 Å². The molecule has 0 aliphatic heterocycles. The summed E-state index contributed by atoms with van der Waals surface area (Å²) in [7, 11) is 1.81. The summed E-state index contributed by atoms with van der Waals surface area (Å²) in [6.45, 7) is 0.980. The summed E-state index contributed by atoms with van der Waals surface area (Å²) in [6, 6.07) is 0. The Kier molecular flexibility index (Phi) is 3.99. The number of hydrogen-bond donors (Lipinski definition) is 0. The molecular weight excluding hydrogens is 239 g/mol. The highest BCUT2D eigenvalue weighted by atomic mass is 127. The fourth-order valence-electron chi connectivity index (χ4n) is 1.75. The van der Waals surface area contributed by atoms with Crippen molar-refractivity contribution in [1.29, 1.82) is 0 Å². The van der Waals surface area contributed by atoms with Crippen LogP contribution in [0.5, 0.6) is 0 Å². The predicted molar refractivity (Wildman–Crippen MR) is 51.6 cm³/mol. The zero-order valence-electron chi connectivity index (χ0n) is 6.48. The van der Waals surface area contributed by atoms with Crippen molar-refractivity contribution in [2.45, 2.75) is 19.3 Å². The quantitative estimate of drug-likeness (QED) is 0.555. The van der Waals surface area contributed by atoms with Crippen molar-refractivity contribution in [2.75, 3.05) is 18.1 Å². The van der Waals surface area contributed by atoms with Gasteiger partial charge >= 0.3 is 0 Å². The van der Waals surface area contributed by atoms with Gasteiger partial charge in [-0.15, -0.1) is 0 Å². The second-order valence-electron chi connectivity index (χ2n) is 3.06. The average molecular weight is 254 g/mol. The second kappa shape index (κ2) is 4.54. The van der Waals surface area contributed by atoms with E-state index >= 15 is 0 Å². The Hall–Kier alpha value is 0.690. The van der Waals surface area contributed by atoms with Crippen LogP contribution in [0.1, 0.15) is 19.3 Å². The van der Waals surface area contributed by atoms with Crippen molar-refractivity contribution in [3.63, 3.8) is 0 Å². The lowest BCUT2D eigenvalue weighted by Gasteiger charge is -2.15. The normalized spacial score (nSPS) is 33.0. The molecular formula is C8H15IO. The van der Waals surface area contributed by atoms with E-state index in [1.54, 1.807) is 0 Å². The molecule has 1 saturated carbocycles. The topological polar surface area (TPSA) is 9.23 Å². The van der Waals surface area contributed by atoms with Gasteiger partial charge in [0.25, 0.3) is 0 Å². The van der Waals surface area contributed by atoms with Crippen LogP contribution < -0.4 is 0 Å². The minimum atomic E-state index is 0.863. The van der Waals surface area contributed by atoms with Gasteiger partial charge in [-0.05, 0) is 24.7 Å². The molecule has 0 radical (unpaired) electrons. The molecule has 0 unspecified atom stereocenters. The maximum Gasteiger partial charge on any atom is 0.0493 e. The van der Waals surface area contributed by atoms with Crippen molar-refractivity contribution in [2.24, 2.45) is 11.8 Å². The van der Waals surface area contributed by atoms with E-state index in [-0.39, 0.29) is 0 Å². The van der Waals surface area contributed by atoms with E-state index in [2.05, 4.69) is 22.6 Å². The second-order valence-corrected chi connectivity index (χ2v) is 3.94. The zero-order chi connectivity index (χ0) is 7.40. The maximum atomic E-state index is 5.15. The molecule has 0 aromatic carbocycles. The minimum Gasteiger partial charge on any atom is -0.384 e. The number of halogens is 1. The highest BCUT2D eigenvalue weighted by Gasteiger charge is 2.25. The molecule has 1 nitrogen and oxygen atoms in total. The summed E-state index contributed by atoms with van der Waals surface area (Å²) in [5.74, 6) is 1.81. The van der Waals surface area contributed by atoms with Crippen LogP contribution in [-0.2, 0) is 4.74 Å². The van der Waals surface area contributed by atoms with Gasteiger partial charge in [0.15, 0.2) is 0 Å². The molecule has 1 fully saturated rings. The van der Waals surface area contributed by atoms with Crippen LogP contribution in [-0.4, -0.2) is 18.1 Å². The Morgan fingerprint density at radius 3 is 2.70 bits per heavy atom. The van der Waals surface area contributed by atoms with Crippen molar-refractivity contribution >= 4 is 22.6 Å². The monoisotopic (exact) mass is 254 g/mol. The first-order valence-corrected chi connectivity index (χ1v) is 5.46. The lowest BCUT2D eigenvalue weighted by atomic mass is 9.99. The standard InChI is InChI=1S/C8H15IO/c1-10-6-8-4-2-3-7(8)5-9/h7-8H,2-6H2,1H3/t7-,8+/m1/s1. The van der Waals surface area contributed by atoms with Crippen molar-refractivity contribution in [1.82, 2.24) is 0 Å². The molecule has 2 heteroatoms. The molecule has 0 heterocycles. The fraction of sp³-hybridized carbons (Fsp3) is 1.00. The van der Waals surface area contributed by atoms with Gasteiger partial charge in [0.05, 0.1) is 0 Å². The molecule has 0 aromatic heterocycles. The average Bonchev–Trinajstić information content (AvgIpc) is 2.36. The number of rotatable bonds is 3. The van der Waals surface area contributed by atoms with Crippen molar-refractivity contribution < 1.29 is 4.74 Å². The molecule has 0 bridgehead atoms. The molecule has 10 heavy (non-hydrogen) atoms. The molecule has 2 atom stereocenters. The van der Waals surface area contributed by atoms with Gasteiger partial charge in [0, 0.05) is 18.1 Å². The SMILES string of the molecule is COC[C@@H]1CCC[C@@H]1CI. The van der Waals surface area contributed by atoms with E-state index in [9.17, 15) is 0 Å². The van der Waals surface area contributed by atoms with Crippen LogP contribution in [0, 0.1) is 11.8 Å². The summed E-state index contributed by atoms with van der Waals surface area (Å²) < 4.78 is 6.47. The van der Waals surface area contributed by atoms with Gasteiger partial charge in [-0.2, -0.15) is 0 Å². The summed E-state index contributed by atoms with van der Waals surface area (Å²) in [4.78, 5) is 0. The Labute approximate surface area is 76.7 Å². The zero-order valence-corrected chi connectivity index (χ0v) is 8.63. The van der Waals surface area contributed by atoms with Gasteiger partial charge in [-0.1, -0.05) is 29.0 Å². The first-order chi connectivity index (χ1) is 4.88. The van der Waals surface area contributed by atoms with E-state index in [1.165, 1.54) is 23.7 Å². The van der Waals surface area contributed by atoms with Crippen LogP contribution in [0.25, 0.3) is 0 Å². The molecule has 0 aromatic rings. The predicted octanol–water partition coefficient (Wildman–Crippen LogP) is 2.48. The Bertz CT molecular complexity index is 95.3. The third kappa shape index (κ3) is 2.09. The van der Waals surface area contributed by atoms with E-state index < -0.39 is 0 Å². The Morgan fingerprint density at radius 2 is 2.10 bits per heavy atom. The van der Waals surface area contributed by atoms with Gasteiger partial charge in [-0.25, -0.2) is 0 Å². The van der Waals surface area contributed by atoms with Crippen LogP contribution in [0.3, 0.4) is 0 Å².